The van der Waals surface area contributed by atoms with Crippen molar-refractivity contribution in [2.24, 2.45) is 0 Å². The number of fused-ring (bicyclic) bond motifs is 1. The Labute approximate surface area is 113 Å². The van der Waals surface area contributed by atoms with Gasteiger partial charge >= 0.3 is 5.97 Å². The predicted molar refractivity (Wildman–Crippen MR) is 68.3 cm³/mol. The first kappa shape index (κ1) is 14.4. The number of benzene rings is 1. The molecule has 5 nitrogen and oxygen atoms in total. The summed E-state index contributed by atoms with van der Waals surface area (Å²) in [5, 5.41) is 8.98. The summed E-state index contributed by atoms with van der Waals surface area (Å²) in [5.41, 5.74) is 1.48. The molecule has 1 heterocycles. The molecule has 0 saturated heterocycles. The van der Waals surface area contributed by atoms with E-state index in [1.807, 2.05) is 0 Å². The van der Waals surface area contributed by atoms with Gasteiger partial charge in [-0.25, -0.2) is 18.6 Å². The molecule has 2 aromatic rings. The molecule has 0 saturated carbocycles. The maximum absolute atomic E-state index is 12.0. The van der Waals surface area contributed by atoms with Crippen LogP contribution in [-0.4, -0.2) is 40.3 Å². The number of imidazole rings is 1. The normalized spacial score (nSPS) is 11.4. The molecule has 1 N–H and O–H groups in total. The average molecular weight is 284 g/mol. The topological polar surface area (TPSA) is 64.3 Å². The van der Waals surface area contributed by atoms with Gasteiger partial charge in [-0.3, -0.25) is 0 Å². The van der Waals surface area contributed by atoms with Crippen LogP contribution in [0, 0.1) is 6.92 Å². The molecular formula is C13H14F2N2O3. The Kier molecular flexibility index (Phi) is 4.29. The van der Waals surface area contributed by atoms with E-state index < -0.39 is 19.0 Å². The number of alkyl halides is 2. The molecular weight excluding hydrogens is 270 g/mol. The summed E-state index contributed by atoms with van der Waals surface area (Å²) in [6.07, 6.45) is -2.49. The third kappa shape index (κ3) is 3.11. The highest BCUT2D eigenvalue weighted by Crippen LogP contribution is 2.18. The van der Waals surface area contributed by atoms with E-state index in [1.54, 1.807) is 17.6 Å². The molecule has 1 aromatic heterocycles. The minimum atomic E-state index is -2.49. The summed E-state index contributed by atoms with van der Waals surface area (Å²) in [4.78, 5) is 15.3. The molecule has 0 unspecified atom stereocenters. The summed E-state index contributed by atoms with van der Waals surface area (Å²) < 4.78 is 30.5. The second kappa shape index (κ2) is 5.96. The van der Waals surface area contributed by atoms with Gasteiger partial charge in [0.05, 0.1) is 23.2 Å². The monoisotopic (exact) mass is 284 g/mol. The number of aromatic carboxylic acids is 1. The molecule has 20 heavy (non-hydrogen) atoms. The highest BCUT2D eigenvalue weighted by molar-refractivity contribution is 5.92. The maximum Gasteiger partial charge on any atom is 0.335 e. The number of nitrogens with zero attached hydrogens (tertiary/aromatic N) is 2. The Balaban J connectivity index is 2.20. The van der Waals surface area contributed by atoms with E-state index in [9.17, 15) is 13.6 Å². The maximum atomic E-state index is 12.0. The third-order valence-electron chi connectivity index (χ3n) is 2.89. The molecule has 108 valence electrons. The van der Waals surface area contributed by atoms with Gasteiger partial charge in [-0.05, 0) is 25.1 Å². The van der Waals surface area contributed by atoms with Crippen molar-refractivity contribution < 1.29 is 23.4 Å². The molecule has 7 heteroatoms. The second-order valence-electron chi connectivity index (χ2n) is 4.29. The molecule has 0 atom stereocenters. The number of carboxylic acids is 1. The molecule has 0 fully saturated rings. The van der Waals surface area contributed by atoms with Crippen molar-refractivity contribution in [3.05, 3.63) is 29.6 Å². The van der Waals surface area contributed by atoms with E-state index in [2.05, 4.69) is 4.98 Å². The van der Waals surface area contributed by atoms with Crippen LogP contribution in [-0.2, 0) is 11.3 Å². The van der Waals surface area contributed by atoms with Crippen LogP contribution in [0.25, 0.3) is 11.0 Å². The van der Waals surface area contributed by atoms with Crippen LogP contribution in [0.5, 0.6) is 0 Å². The van der Waals surface area contributed by atoms with Crippen molar-refractivity contribution in [1.29, 1.82) is 0 Å². The highest BCUT2D eigenvalue weighted by Gasteiger charge is 2.11. The molecule has 0 amide bonds. The molecule has 1 aromatic carbocycles. The first-order chi connectivity index (χ1) is 9.49. The summed E-state index contributed by atoms with van der Waals surface area (Å²) in [7, 11) is 0. The van der Waals surface area contributed by atoms with E-state index in [0.29, 0.717) is 23.4 Å². The van der Waals surface area contributed by atoms with Crippen LogP contribution in [0.15, 0.2) is 18.2 Å². The first-order valence-electron chi connectivity index (χ1n) is 6.05. The number of hydrogen-bond donors (Lipinski definition) is 1. The van der Waals surface area contributed by atoms with Gasteiger partial charge in [-0.1, -0.05) is 0 Å². The van der Waals surface area contributed by atoms with Gasteiger partial charge in [-0.15, -0.1) is 0 Å². The number of carboxylic acid groups (broad SMARTS) is 1. The average Bonchev–Trinajstić information content (AvgIpc) is 2.69. The Morgan fingerprint density at radius 1 is 1.50 bits per heavy atom. The number of rotatable bonds is 6. The number of hydrogen-bond acceptors (Lipinski definition) is 3. The summed E-state index contributed by atoms with van der Waals surface area (Å²) in [6, 6.07) is 4.63. The quantitative estimate of drug-likeness (QED) is 0.827. The Bertz CT molecular complexity index is 625. The van der Waals surface area contributed by atoms with Crippen LogP contribution >= 0.6 is 0 Å². The van der Waals surface area contributed by atoms with Crippen LogP contribution in [0.4, 0.5) is 8.78 Å². The number of ether oxygens (including phenoxy) is 1. The molecule has 2 rings (SSSR count). The SMILES string of the molecule is Cc1nc2ccc(C(=O)O)cc2n1CCOCC(F)F. The number of aryl methyl sites for hydroxylation is 1. The number of carbonyl (C=O) groups is 1. The van der Waals surface area contributed by atoms with Crippen molar-refractivity contribution in [3.63, 3.8) is 0 Å². The van der Waals surface area contributed by atoms with Gasteiger partial charge in [0.15, 0.2) is 0 Å². The van der Waals surface area contributed by atoms with Gasteiger partial charge < -0.3 is 14.4 Å². The van der Waals surface area contributed by atoms with E-state index in [0.717, 1.165) is 0 Å². The Morgan fingerprint density at radius 2 is 2.25 bits per heavy atom. The van der Waals surface area contributed by atoms with Gasteiger partial charge in [0.2, 0.25) is 0 Å². The zero-order valence-corrected chi connectivity index (χ0v) is 10.8. The molecule has 0 bridgehead atoms. The third-order valence-corrected chi connectivity index (χ3v) is 2.89. The Hall–Kier alpha value is -2.02. The van der Waals surface area contributed by atoms with Gasteiger partial charge in [-0.2, -0.15) is 0 Å². The summed E-state index contributed by atoms with van der Waals surface area (Å²) in [5.74, 6) is -0.338. The van der Waals surface area contributed by atoms with E-state index in [-0.39, 0.29) is 12.2 Å². The lowest BCUT2D eigenvalue weighted by Gasteiger charge is -2.08. The molecule has 0 spiro atoms. The van der Waals surface area contributed by atoms with Crippen molar-refractivity contribution in [3.8, 4) is 0 Å². The van der Waals surface area contributed by atoms with E-state index >= 15 is 0 Å². The molecule has 0 aliphatic rings. The summed E-state index contributed by atoms with van der Waals surface area (Å²) in [6.45, 7) is 1.63. The van der Waals surface area contributed by atoms with Crippen molar-refractivity contribution >= 4 is 17.0 Å². The fraction of sp³-hybridized carbons (Fsp3) is 0.385. The van der Waals surface area contributed by atoms with Crippen molar-refractivity contribution in [1.82, 2.24) is 9.55 Å². The highest BCUT2D eigenvalue weighted by atomic mass is 19.3. The van der Waals surface area contributed by atoms with Crippen LogP contribution in [0.2, 0.25) is 0 Å². The zero-order chi connectivity index (χ0) is 14.7. The fourth-order valence-electron chi connectivity index (χ4n) is 1.99. The van der Waals surface area contributed by atoms with Crippen molar-refractivity contribution in [2.45, 2.75) is 19.9 Å². The van der Waals surface area contributed by atoms with E-state index in [4.69, 9.17) is 9.84 Å². The van der Waals surface area contributed by atoms with Gasteiger partial charge in [0.25, 0.3) is 6.43 Å². The molecule has 0 aliphatic heterocycles. The van der Waals surface area contributed by atoms with Crippen LogP contribution < -0.4 is 0 Å². The number of halogens is 2. The van der Waals surface area contributed by atoms with Crippen molar-refractivity contribution in [2.75, 3.05) is 13.2 Å². The fourth-order valence-corrected chi connectivity index (χ4v) is 1.99. The lowest BCUT2D eigenvalue weighted by Crippen LogP contribution is -2.11. The van der Waals surface area contributed by atoms with Gasteiger partial charge in [0.1, 0.15) is 12.4 Å². The largest absolute Gasteiger partial charge is 0.478 e. The summed E-state index contributed by atoms with van der Waals surface area (Å²) >= 11 is 0. The predicted octanol–water partition coefficient (Wildman–Crippen LogP) is 2.32. The van der Waals surface area contributed by atoms with Crippen LogP contribution in [0.1, 0.15) is 16.2 Å². The first-order valence-corrected chi connectivity index (χ1v) is 6.05. The van der Waals surface area contributed by atoms with Gasteiger partial charge in [0, 0.05) is 6.54 Å². The standard InChI is InChI=1S/C13H14F2N2O3/c1-8-16-10-3-2-9(13(18)19)6-11(10)17(8)4-5-20-7-12(14)15/h2-3,6,12H,4-5,7H2,1H3,(H,18,19). The number of aromatic nitrogens is 2. The minimum absolute atomic E-state index is 0.119. The van der Waals surface area contributed by atoms with E-state index in [1.165, 1.54) is 12.1 Å². The smallest absolute Gasteiger partial charge is 0.335 e. The zero-order valence-electron chi connectivity index (χ0n) is 10.8. The second-order valence-corrected chi connectivity index (χ2v) is 4.29. The lowest BCUT2D eigenvalue weighted by molar-refractivity contribution is 0.0149. The Morgan fingerprint density at radius 3 is 2.90 bits per heavy atom. The molecule has 0 radical (unpaired) electrons. The lowest BCUT2D eigenvalue weighted by atomic mass is 10.2. The molecule has 0 aliphatic carbocycles. The minimum Gasteiger partial charge on any atom is -0.478 e. The van der Waals surface area contributed by atoms with Crippen LogP contribution in [0.3, 0.4) is 0 Å².